The minimum absolute atomic E-state index is 0.106. The molecule has 0 unspecified atom stereocenters. The van der Waals surface area contributed by atoms with Crippen molar-refractivity contribution in [3.63, 3.8) is 0 Å². The highest BCUT2D eigenvalue weighted by Crippen LogP contribution is 2.26. The Morgan fingerprint density at radius 2 is 1.57 bits per heavy atom. The van der Waals surface area contributed by atoms with Crippen LogP contribution in [-0.4, -0.2) is 24.2 Å². The molecule has 3 aromatic rings. The smallest absolute Gasteiger partial charge is 0.170 e. The average Bonchev–Trinajstić information content (AvgIpc) is 2.80. The Labute approximate surface area is 184 Å². The standard InChI is InChI=1S/C25H28N2O2S/c1-19(21-12-8-5-9-13-21)26-25(30)27(17-20-10-6-4-7-11-20)18-22-14-15-23(28-2)16-24(22)29-3/h4-16,19H,17-18H2,1-3H3,(H,26,30)/t19-/m1/s1. The summed E-state index contributed by atoms with van der Waals surface area (Å²) in [6.07, 6.45) is 0. The highest BCUT2D eigenvalue weighted by Gasteiger charge is 2.17. The molecule has 0 aliphatic heterocycles. The molecule has 156 valence electrons. The van der Waals surface area contributed by atoms with E-state index in [9.17, 15) is 0 Å². The number of hydrogen-bond donors (Lipinski definition) is 1. The van der Waals surface area contributed by atoms with Crippen molar-refractivity contribution in [2.75, 3.05) is 14.2 Å². The van der Waals surface area contributed by atoms with Gasteiger partial charge in [0.15, 0.2) is 5.11 Å². The van der Waals surface area contributed by atoms with Gasteiger partial charge in [0.05, 0.1) is 20.3 Å². The fraction of sp³-hybridized carbons (Fsp3) is 0.240. The van der Waals surface area contributed by atoms with Gasteiger partial charge in [-0.15, -0.1) is 0 Å². The molecule has 0 aliphatic carbocycles. The molecule has 0 aromatic heterocycles. The molecule has 5 heteroatoms. The zero-order valence-electron chi connectivity index (χ0n) is 17.7. The highest BCUT2D eigenvalue weighted by atomic mass is 32.1. The Morgan fingerprint density at radius 1 is 0.900 bits per heavy atom. The third-order valence-electron chi connectivity index (χ3n) is 5.00. The number of hydrogen-bond acceptors (Lipinski definition) is 3. The van der Waals surface area contributed by atoms with E-state index in [-0.39, 0.29) is 6.04 Å². The van der Waals surface area contributed by atoms with Gasteiger partial charge in [-0.25, -0.2) is 0 Å². The topological polar surface area (TPSA) is 33.7 Å². The lowest BCUT2D eigenvalue weighted by Crippen LogP contribution is -2.40. The fourth-order valence-electron chi connectivity index (χ4n) is 3.29. The SMILES string of the molecule is COc1ccc(CN(Cc2ccccc2)C(=S)N[C@H](C)c2ccccc2)c(OC)c1. The van der Waals surface area contributed by atoms with E-state index < -0.39 is 0 Å². The van der Waals surface area contributed by atoms with E-state index in [1.54, 1.807) is 14.2 Å². The Kier molecular flexibility index (Phi) is 7.69. The Morgan fingerprint density at radius 3 is 2.20 bits per heavy atom. The van der Waals surface area contributed by atoms with Gasteiger partial charge in [0.2, 0.25) is 0 Å². The molecule has 0 radical (unpaired) electrons. The average molecular weight is 421 g/mol. The molecule has 1 atom stereocenters. The summed E-state index contributed by atoms with van der Waals surface area (Å²) in [6, 6.07) is 26.6. The third-order valence-corrected chi connectivity index (χ3v) is 5.37. The number of methoxy groups -OCH3 is 2. The minimum atomic E-state index is 0.106. The summed E-state index contributed by atoms with van der Waals surface area (Å²) in [7, 11) is 3.33. The van der Waals surface area contributed by atoms with Gasteiger partial charge < -0.3 is 19.7 Å². The van der Waals surface area contributed by atoms with E-state index in [0.717, 1.165) is 17.1 Å². The molecule has 0 bridgehead atoms. The number of rotatable bonds is 8. The van der Waals surface area contributed by atoms with Gasteiger partial charge in [0.25, 0.3) is 0 Å². The number of thiocarbonyl (C=S) groups is 1. The highest BCUT2D eigenvalue weighted by molar-refractivity contribution is 7.80. The second-order valence-corrected chi connectivity index (χ2v) is 7.49. The molecule has 0 fully saturated rings. The first-order valence-electron chi connectivity index (χ1n) is 9.96. The van der Waals surface area contributed by atoms with Crippen LogP contribution < -0.4 is 14.8 Å². The largest absolute Gasteiger partial charge is 0.497 e. The predicted molar refractivity (Wildman–Crippen MR) is 126 cm³/mol. The maximum Gasteiger partial charge on any atom is 0.170 e. The van der Waals surface area contributed by atoms with E-state index >= 15 is 0 Å². The molecule has 0 heterocycles. The zero-order valence-corrected chi connectivity index (χ0v) is 18.5. The Balaban J connectivity index is 1.82. The molecule has 0 spiro atoms. The normalized spacial score (nSPS) is 11.4. The van der Waals surface area contributed by atoms with E-state index in [4.69, 9.17) is 21.7 Å². The van der Waals surface area contributed by atoms with Crippen LogP contribution in [0.3, 0.4) is 0 Å². The first kappa shape index (κ1) is 21.7. The molecule has 4 nitrogen and oxygen atoms in total. The van der Waals surface area contributed by atoms with Crippen LogP contribution in [0.25, 0.3) is 0 Å². The van der Waals surface area contributed by atoms with Crippen LogP contribution >= 0.6 is 12.2 Å². The van der Waals surface area contributed by atoms with E-state index in [1.807, 2.05) is 54.6 Å². The van der Waals surface area contributed by atoms with Gasteiger partial charge in [0, 0.05) is 24.7 Å². The van der Waals surface area contributed by atoms with Crippen molar-refractivity contribution >= 4 is 17.3 Å². The second-order valence-electron chi connectivity index (χ2n) is 7.10. The first-order valence-corrected chi connectivity index (χ1v) is 10.4. The molecule has 0 saturated heterocycles. The Hall–Kier alpha value is -3.05. The van der Waals surface area contributed by atoms with Gasteiger partial charge in [-0.05, 0) is 42.4 Å². The summed E-state index contributed by atoms with van der Waals surface area (Å²) in [5.74, 6) is 1.55. The molecule has 0 amide bonds. The van der Waals surface area contributed by atoms with Gasteiger partial charge in [0.1, 0.15) is 11.5 Å². The lowest BCUT2D eigenvalue weighted by Gasteiger charge is -2.29. The number of nitrogens with zero attached hydrogens (tertiary/aromatic N) is 1. The van der Waals surface area contributed by atoms with Crippen molar-refractivity contribution in [1.29, 1.82) is 0 Å². The lowest BCUT2D eigenvalue weighted by atomic mass is 10.1. The molecule has 3 rings (SSSR count). The van der Waals surface area contributed by atoms with E-state index in [1.165, 1.54) is 11.1 Å². The summed E-state index contributed by atoms with van der Waals surface area (Å²) in [5.41, 5.74) is 3.44. The maximum absolute atomic E-state index is 5.83. The van der Waals surface area contributed by atoms with Gasteiger partial charge in [-0.3, -0.25) is 0 Å². The van der Waals surface area contributed by atoms with Crippen molar-refractivity contribution in [3.8, 4) is 11.5 Å². The number of nitrogens with one attached hydrogen (secondary N) is 1. The molecular weight excluding hydrogens is 392 g/mol. The van der Waals surface area contributed by atoms with E-state index in [2.05, 4.69) is 41.4 Å². The fourth-order valence-corrected chi connectivity index (χ4v) is 3.60. The van der Waals surface area contributed by atoms with Gasteiger partial charge >= 0.3 is 0 Å². The van der Waals surface area contributed by atoms with Crippen LogP contribution in [0.15, 0.2) is 78.9 Å². The molecular formula is C25H28N2O2S. The van der Waals surface area contributed by atoms with Crippen molar-refractivity contribution in [1.82, 2.24) is 10.2 Å². The zero-order chi connectivity index (χ0) is 21.3. The summed E-state index contributed by atoms with van der Waals surface area (Å²) in [5, 5.41) is 4.19. The molecule has 3 aromatic carbocycles. The molecule has 0 aliphatic rings. The van der Waals surface area contributed by atoms with Crippen LogP contribution in [0.2, 0.25) is 0 Å². The van der Waals surface area contributed by atoms with Crippen molar-refractivity contribution < 1.29 is 9.47 Å². The van der Waals surface area contributed by atoms with Crippen LogP contribution in [0.5, 0.6) is 11.5 Å². The summed E-state index contributed by atoms with van der Waals surface area (Å²) < 4.78 is 10.9. The van der Waals surface area contributed by atoms with Gasteiger partial charge in [-0.2, -0.15) is 0 Å². The minimum Gasteiger partial charge on any atom is -0.497 e. The van der Waals surface area contributed by atoms with Crippen molar-refractivity contribution in [2.45, 2.75) is 26.1 Å². The molecule has 1 N–H and O–H groups in total. The van der Waals surface area contributed by atoms with Crippen LogP contribution in [0, 0.1) is 0 Å². The van der Waals surface area contributed by atoms with E-state index in [0.29, 0.717) is 18.2 Å². The number of benzene rings is 3. The predicted octanol–water partition coefficient (Wildman–Crippen LogP) is 5.34. The Bertz CT molecular complexity index is 948. The van der Waals surface area contributed by atoms with Crippen molar-refractivity contribution in [3.05, 3.63) is 95.6 Å². The summed E-state index contributed by atoms with van der Waals surface area (Å²) in [4.78, 5) is 2.16. The first-order chi connectivity index (χ1) is 14.6. The third kappa shape index (κ3) is 5.74. The summed E-state index contributed by atoms with van der Waals surface area (Å²) >= 11 is 5.83. The van der Waals surface area contributed by atoms with Crippen LogP contribution in [0.1, 0.15) is 29.7 Å². The molecule has 0 saturated carbocycles. The second kappa shape index (κ2) is 10.6. The maximum atomic E-state index is 5.83. The summed E-state index contributed by atoms with van der Waals surface area (Å²) in [6.45, 7) is 3.44. The van der Waals surface area contributed by atoms with Crippen molar-refractivity contribution in [2.24, 2.45) is 0 Å². The lowest BCUT2D eigenvalue weighted by molar-refractivity contribution is 0.363. The van der Waals surface area contributed by atoms with Crippen LogP contribution in [0.4, 0.5) is 0 Å². The van der Waals surface area contributed by atoms with Crippen LogP contribution in [-0.2, 0) is 13.1 Å². The number of ether oxygens (including phenoxy) is 2. The van der Waals surface area contributed by atoms with Gasteiger partial charge in [-0.1, -0.05) is 60.7 Å². The quantitative estimate of drug-likeness (QED) is 0.498. The monoisotopic (exact) mass is 420 g/mol. The molecule has 30 heavy (non-hydrogen) atoms.